The van der Waals surface area contributed by atoms with E-state index in [-0.39, 0.29) is 18.4 Å². The molecule has 0 saturated heterocycles. The lowest BCUT2D eigenvalue weighted by Gasteiger charge is -2.22. The molecule has 0 radical (unpaired) electrons. The Hall–Kier alpha value is -0.730. The normalized spacial score (nSPS) is 19.7. The van der Waals surface area contributed by atoms with Gasteiger partial charge in [-0.1, -0.05) is 17.7 Å². The standard InChI is InChI=1S/C10H13NO.ClH/c1-7-2-3-10-8(6-7)9(11)4-5-12-10;/h2-3,6,9H,4-5,11H2,1H3;1H. The summed E-state index contributed by atoms with van der Waals surface area (Å²) in [5.41, 5.74) is 8.33. The van der Waals surface area contributed by atoms with Gasteiger partial charge in [-0.05, 0) is 13.0 Å². The summed E-state index contributed by atoms with van der Waals surface area (Å²) in [5.74, 6) is 0.958. The van der Waals surface area contributed by atoms with Gasteiger partial charge < -0.3 is 10.5 Å². The minimum atomic E-state index is 0. The fourth-order valence-electron chi connectivity index (χ4n) is 1.54. The average molecular weight is 200 g/mol. The lowest BCUT2D eigenvalue weighted by atomic mass is 10.00. The number of rotatable bonds is 0. The largest absolute Gasteiger partial charge is 0.493 e. The first-order valence-electron chi connectivity index (χ1n) is 4.26. The van der Waals surface area contributed by atoms with E-state index in [2.05, 4.69) is 19.1 Å². The highest BCUT2D eigenvalue weighted by atomic mass is 35.5. The van der Waals surface area contributed by atoms with Gasteiger partial charge >= 0.3 is 0 Å². The summed E-state index contributed by atoms with van der Waals surface area (Å²) in [6.45, 7) is 2.82. The molecular formula is C10H14ClNO. The Labute approximate surface area is 84.5 Å². The van der Waals surface area contributed by atoms with Crippen molar-refractivity contribution in [2.45, 2.75) is 19.4 Å². The van der Waals surface area contributed by atoms with Crippen LogP contribution in [-0.4, -0.2) is 6.61 Å². The molecule has 0 fully saturated rings. The monoisotopic (exact) mass is 199 g/mol. The zero-order chi connectivity index (χ0) is 8.55. The molecule has 72 valence electrons. The van der Waals surface area contributed by atoms with Crippen molar-refractivity contribution in [2.75, 3.05) is 6.61 Å². The maximum atomic E-state index is 5.94. The van der Waals surface area contributed by atoms with Gasteiger partial charge in [-0.2, -0.15) is 0 Å². The molecule has 0 amide bonds. The van der Waals surface area contributed by atoms with Crippen LogP contribution in [0.1, 0.15) is 23.6 Å². The van der Waals surface area contributed by atoms with Gasteiger partial charge in [0.1, 0.15) is 5.75 Å². The van der Waals surface area contributed by atoms with Crippen molar-refractivity contribution in [1.82, 2.24) is 0 Å². The molecule has 1 aliphatic heterocycles. The second-order valence-electron chi connectivity index (χ2n) is 3.28. The first-order valence-corrected chi connectivity index (χ1v) is 4.26. The van der Waals surface area contributed by atoms with Crippen LogP contribution >= 0.6 is 12.4 Å². The molecule has 0 aliphatic carbocycles. The lowest BCUT2D eigenvalue weighted by molar-refractivity contribution is 0.269. The zero-order valence-electron chi connectivity index (χ0n) is 7.62. The maximum Gasteiger partial charge on any atom is 0.124 e. The Morgan fingerprint density at radius 3 is 3.00 bits per heavy atom. The van der Waals surface area contributed by atoms with Gasteiger partial charge in [0.05, 0.1) is 6.61 Å². The van der Waals surface area contributed by atoms with Crippen LogP contribution < -0.4 is 10.5 Å². The van der Waals surface area contributed by atoms with Crippen LogP contribution in [0.15, 0.2) is 18.2 Å². The second-order valence-corrected chi connectivity index (χ2v) is 3.28. The molecule has 0 aromatic heterocycles. The predicted molar refractivity (Wildman–Crippen MR) is 55.5 cm³/mol. The third kappa shape index (κ3) is 1.95. The molecule has 1 heterocycles. The molecule has 2 N–H and O–H groups in total. The van der Waals surface area contributed by atoms with Crippen LogP contribution in [0.5, 0.6) is 5.75 Å². The van der Waals surface area contributed by atoms with Gasteiger partial charge in [0.15, 0.2) is 0 Å². The summed E-state index contributed by atoms with van der Waals surface area (Å²) in [5, 5.41) is 0. The molecule has 13 heavy (non-hydrogen) atoms. The Bertz CT molecular complexity index is 301. The Balaban J connectivity index is 0.000000845. The Morgan fingerprint density at radius 1 is 1.46 bits per heavy atom. The molecule has 1 unspecified atom stereocenters. The van der Waals surface area contributed by atoms with Gasteiger partial charge in [-0.15, -0.1) is 12.4 Å². The number of halogens is 1. The number of ether oxygens (including phenoxy) is 1. The van der Waals surface area contributed by atoms with E-state index in [1.165, 1.54) is 5.56 Å². The molecule has 1 aromatic carbocycles. The third-order valence-electron chi connectivity index (χ3n) is 2.25. The summed E-state index contributed by atoms with van der Waals surface area (Å²) in [7, 11) is 0. The summed E-state index contributed by atoms with van der Waals surface area (Å²) < 4.78 is 5.47. The molecule has 2 rings (SSSR count). The smallest absolute Gasteiger partial charge is 0.124 e. The van der Waals surface area contributed by atoms with E-state index in [0.29, 0.717) is 0 Å². The summed E-state index contributed by atoms with van der Waals surface area (Å²) in [6.07, 6.45) is 0.927. The fraction of sp³-hybridized carbons (Fsp3) is 0.400. The van der Waals surface area contributed by atoms with Crippen molar-refractivity contribution in [2.24, 2.45) is 5.73 Å². The topological polar surface area (TPSA) is 35.2 Å². The lowest BCUT2D eigenvalue weighted by Crippen LogP contribution is -2.20. The molecule has 0 saturated carbocycles. The predicted octanol–water partition coefficient (Wildman–Crippen LogP) is 2.20. The number of hydrogen-bond donors (Lipinski definition) is 1. The van der Waals surface area contributed by atoms with E-state index in [1.807, 2.05) is 6.07 Å². The van der Waals surface area contributed by atoms with E-state index in [9.17, 15) is 0 Å². The fourth-order valence-corrected chi connectivity index (χ4v) is 1.54. The summed E-state index contributed by atoms with van der Waals surface area (Å²) in [6, 6.07) is 6.33. The van der Waals surface area contributed by atoms with Crippen molar-refractivity contribution < 1.29 is 4.74 Å². The number of nitrogens with two attached hydrogens (primary N) is 1. The number of aryl methyl sites for hydroxylation is 1. The highest BCUT2D eigenvalue weighted by molar-refractivity contribution is 5.85. The Kier molecular flexibility index (Phi) is 3.17. The first-order chi connectivity index (χ1) is 5.77. The Morgan fingerprint density at radius 2 is 2.23 bits per heavy atom. The molecule has 3 heteroatoms. The van der Waals surface area contributed by atoms with Crippen molar-refractivity contribution in [3.63, 3.8) is 0 Å². The molecule has 2 nitrogen and oxygen atoms in total. The van der Waals surface area contributed by atoms with E-state index in [1.54, 1.807) is 0 Å². The molecular weight excluding hydrogens is 186 g/mol. The summed E-state index contributed by atoms with van der Waals surface area (Å²) in [4.78, 5) is 0. The van der Waals surface area contributed by atoms with E-state index in [4.69, 9.17) is 10.5 Å². The van der Waals surface area contributed by atoms with Gasteiger partial charge in [-0.25, -0.2) is 0 Å². The highest BCUT2D eigenvalue weighted by Gasteiger charge is 2.17. The van der Waals surface area contributed by atoms with Gasteiger partial charge in [-0.3, -0.25) is 0 Å². The first kappa shape index (κ1) is 10.4. The number of fused-ring (bicyclic) bond motifs is 1. The van der Waals surface area contributed by atoms with Gasteiger partial charge in [0, 0.05) is 18.0 Å². The quantitative estimate of drug-likeness (QED) is 0.696. The van der Waals surface area contributed by atoms with Crippen LogP contribution in [0.4, 0.5) is 0 Å². The van der Waals surface area contributed by atoms with Crippen LogP contribution in [0.25, 0.3) is 0 Å². The van der Waals surface area contributed by atoms with Gasteiger partial charge in [0.2, 0.25) is 0 Å². The molecule has 0 bridgehead atoms. The highest BCUT2D eigenvalue weighted by Crippen LogP contribution is 2.30. The van der Waals surface area contributed by atoms with Crippen LogP contribution in [-0.2, 0) is 0 Å². The summed E-state index contributed by atoms with van der Waals surface area (Å²) >= 11 is 0. The average Bonchev–Trinajstić information content (AvgIpc) is 2.07. The van der Waals surface area contributed by atoms with Gasteiger partial charge in [0.25, 0.3) is 0 Å². The second kappa shape index (κ2) is 3.99. The number of hydrogen-bond acceptors (Lipinski definition) is 2. The van der Waals surface area contributed by atoms with Crippen molar-refractivity contribution in [3.8, 4) is 5.75 Å². The van der Waals surface area contributed by atoms with E-state index >= 15 is 0 Å². The SMILES string of the molecule is Cc1ccc2c(c1)C(N)CCO2.Cl. The molecule has 1 aliphatic rings. The minimum absolute atomic E-state index is 0. The third-order valence-corrected chi connectivity index (χ3v) is 2.25. The minimum Gasteiger partial charge on any atom is -0.493 e. The number of benzene rings is 1. The molecule has 1 atom stereocenters. The van der Waals surface area contributed by atoms with E-state index < -0.39 is 0 Å². The van der Waals surface area contributed by atoms with E-state index in [0.717, 1.165) is 24.3 Å². The van der Waals surface area contributed by atoms with Crippen molar-refractivity contribution in [1.29, 1.82) is 0 Å². The van der Waals surface area contributed by atoms with Crippen LogP contribution in [0.2, 0.25) is 0 Å². The van der Waals surface area contributed by atoms with Crippen molar-refractivity contribution in [3.05, 3.63) is 29.3 Å². The van der Waals surface area contributed by atoms with Crippen LogP contribution in [0, 0.1) is 6.92 Å². The van der Waals surface area contributed by atoms with Crippen molar-refractivity contribution >= 4 is 12.4 Å². The maximum absolute atomic E-state index is 5.94. The molecule has 1 aromatic rings. The molecule has 0 spiro atoms. The zero-order valence-corrected chi connectivity index (χ0v) is 8.43. The van der Waals surface area contributed by atoms with Crippen LogP contribution in [0.3, 0.4) is 0 Å².